The van der Waals surface area contributed by atoms with E-state index in [9.17, 15) is 4.79 Å². The molecule has 3 nitrogen and oxygen atoms in total. The predicted octanol–water partition coefficient (Wildman–Crippen LogP) is 4.24. The molecular weight excluding hydrogens is 272 g/mol. The van der Waals surface area contributed by atoms with Crippen molar-refractivity contribution in [3.63, 3.8) is 0 Å². The van der Waals surface area contributed by atoms with Crippen molar-refractivity contribution in [3.05, 3.63) is 29.8 Å². The van der Waals surface area contributed by atoms with Crippen LogP contribution in [-0.2, 0) is 10.2 Å². The van der Waals surface area contributed by atoms with Crippen LogP contribution in [0.3, 0.4) is 0 Å². The maximum atomic E-state index is 12.0. The van der Waals surface area contributed by atoms with Gasteiger partial charge in [-0.25, -0.2) is 0 Å². The van der Waals surface area contributed by atoms with E-state index in [4.69, 9.17) is 0 Å². The number of rotatable bonds is 4. The second-order valence-electron chi connectivity index (χ2n) is 7.44. The van der Waals surface area contributed by atoms with Gasteiger partial charge in [0.15, 0.2) is 0 Å². The first-order valence-corrected chi connectivity index (χ1v) is 8.59. The highest BCUT2D eigenvalue weighted by atomic mass is 16.1. The van der Waals surface area contributed by atoms with Crippen LogP contribution < -0.4 is 10.6 Å². The van der Waals surface area contributed by atoms with Crippen molar-refractivity contribution >= 4 is 11.6 Å². The topological polar surface area (TPSA) is 41.1 Å². The van der Waals surface area contributed by atoms with Crippen LogP contribution in [0.2, 0.25) is 0 Å². The van der Waals surface area contributed by atoms with Gasteiger partial charge in [-0.2, -0.15) is 0 Å². The van der Waals surface area contributed by atoms with Crippen LogP contribution >= 0.6 is 0 Å². The summed E-state index contributed by atoms with van der Waals surface area (Å²) in [6.45, 7) is 6.96. The molecule has 0 spiro atoms. The van der Waals surface area contributed by atoms with Gasteiger partial charge in [-0.15, -0.1) is 0 Å². The van der Waals surface area contributed by atoms with Gasteiger partial charge < -0.3 is 10.6 Å². The average Bonchev–Trinajstić information content (AvgIpc) is 2.73. The van der Waals surface area contributed by atoms with Gasteiger partial charge in [0, 0.05) is 11.7 Å². The summed E-state index contributed by atoms with van der Waals surface area (Å²) in [5.41, 5.74) is 2.47. The molecule has 1 aromatic rings. The van der Waals surface area contributed by atoms with Gasteiger partial charge in [-0.05, 0) is 36.0 Å². The van der Waals surface area contributed by atoms with Crippen molar-refractivity contribution in [2.24, 2.45) is 0 Å². The Morgan fingerprint density at radius 2 is 1.64 bits per heavy atom. The van der Waals surface area contributed by atoms with E-state index in [1.807, 2.05) is 0 Å². The third kappa shape index (κ3) is 5.36. The quantitative estimate of drug-likeness (QED) is 0.817. The first-order valence-electron chi connectivity index (χ1n) is 8.59. The number of hydrogen-bond acceptors (Lipinski definition) is 2. The Bertz CT molecular complexity index is 465. The molecule has 0 saturated heterocycles. The van der Waals surface area contributed by atoms with Crippen molar-refractivity contribution in [2.45, 2.75) is 70.8 Å². The number of nitrogens with one attached hydrogen (secondary N) is 2. The Morgan fingerprint density at radius 1 is 1.05 bits per heavy atom. The first-order chi connectivity index (χ1) is 10.4. The van der Waals surface area contributed by atoms with Gasteiger partial charge in [0.1, 0.15) is 0 Å². The van der Waals surface area contributed by atoms with E-state index < -0.39 is 0 Å². The minimum atomic E-state index is 0.104. The molecule has 22 heavy (non-hydrogen) atoms. The molecule has 2 rings (SSSR count). The van der Waals surface area contributed by atoms with E-state index in [2.05, 4.69) is 55.7 Å². The molecule has 1 saturated carbocycles. The molecule has 1 amide bonds. The molecule has 1 aliphatic carbocycles. The normalized spacial score (nSPS) is 16.9. The Labute approximate surface area is 134 Å². The van der Waals surface area contributed by atoms with Crippen LogP contribution in [0.5, 0.6) is 0 Å². The first kappa shape index (κ1) is 16.9. The highest BCUT2D eigenvalue weighted by Gasteiger charge is 2.15. The van der Waals surface area contributed by atoms with Crippen molar-refractivity contribution in [1.29, 1.82) is 0 Å². The van der Waals surface area contributed by atoms with E-state index in [0.717, 1.165) is 18.5 Å². The lowest BCUT2D eigenvalue weighted by molar-refractivity contribution is -0.120. The van der Waals surface area contributed by atoms with Crippen molar-refractivity contribution in [1.82, 2.24) is 5.32 Å². The second kappa shape index (κ2) is 7.66. The minimum Gasteiger partial charge on any atom is -0.376 e. The number of carbonyl (C=O) groups excluding carboxylic acids is 1. The fourth-order valence-electron chi connectivity index (χ4n) is 2.97. The smallest absolute Gasteiger partial charge is 0.239 e. The van der Waals surface area contributed by atoms with Crippen LogP contribution in [0.15, 0.2) is 24.3 Å². The summed E-state index contributed by atoms with van der Waals surface area (Å²) in [7, 11) is 0. The van der Waals surface area contributed by atoms with Crippen LogP contribution in [0, 0.1) is 0 Å². The highest BCUT2D eigenvalue weighted by molar-refractivity contribution is 5.80. The highest BCUT2D eigenvalue weighted by Crippen LogP contribution is 2.23. The molecular formula is C19H30N2O. The lowest BCUT2D eigenvalue weighted by atomic mass is 9.87. The maximum absolute atomic E-state index is 12.0. The molecule has 0 aliphatic heterocycles. The molecule has 2 N–H and O–H groups in total. The van der Waals surface area contributed by atoms with E-state index in [-0.39, 0.29) is 11.3 Å². The van der Waals surface area contributed by atoms with Gasteiger partial charge in [0.25, 0.3) is 0 Å². The molecule has 0 bridgehead atoms. The second-order valence-corrected chi connectivity index (χ2v) is 7.44. The summed E-state index contributed by atoms with van der Waals surface area (Å²) < 4.78 is 0. The summed E-state index contributed by atoms with van der Waals surface area (Å²) in [5, 5.41) is 6.38. The molecule has 3 heteroatoms. The van der Waals surface area contributed by atoms with Crippen LogP contribution in [-0.4, -0.2) is 18.5 Å². The summed E-state index contributed by atoms with van der Waals surface area (Å²) in [6.07, 6.45) is 7.37. The van der Waals surface area contributed by atoms with Gasteiger partial charge in [-0.3, -0.25) is 4.79 Å². The molecule has 1 aliphatic rings. The van der Waals surface area contributed by atoms with Crippen molar-refractivity contribution in [3.8, 4) is 0 Å². The molecule has 0 aromatic heterocycles. The van der Waals surface area contributed by atoms with Crippen molar-refractivity contribution in [2.75, 3.05) is 11.9 Å². The van der Waals surface area contributed by atoms with Gasteiger partial charge in [0.05, 0.1) is 6.54 Å². The Kier molecular flexibility index (Phi) is 5.87. The lowest BCUT2D eigenvalue weighted by Crippen LogP contribution is -2.38. The van der Waals surface area contributed by atoms with Crippen LogP contribution in [0.25, 0.3) is 0 Å². The maximum Gasteiger partial charge on any atom is 0.239 e. The molecule has 0 radical (unpaired) electrons. The lowest BCUT2D eigenvalue weighted by Gasteiger charge is -2.19. The Balaban J connectivity index is 1.78. The third-order valence-electron chi connectivity index (χ3n) is 4.42. The average molecular weight is 302 g/mol. The van der Waals surface area contributed by atoms with Gasteiger partial charge >= 0.3 is 0 Å². The van der Waals surface area contributed by atoms with Crippen LogP contribution in [0.1, 0.15) is 64.9 Å². The molecule has 1 aromatic carbocycles. The largest absolute Gasteiger partial charge is 0.376 e. The summed E-state index contributed by atoms with van der Waals surface area (Å²) >= 11 is 0. The Morgan fingerprint density at radius 3 is 2.18 bits per heavy atom. The van der Waals surface area contributed by atoms with Gasteiger partial charge in [-0.1, -0.05) is 58.6 Å². The SMILES string of the molecule is CC(C)(C)c1ccc(NCC(=O)NC2CCCCCC2)cc1. The van der Waals surface area contributed by atoms with E-state index >= 15 is 0 Å². The van der Waals surface area contributed by atoms with E-state index in [1.54, 1.807) is 0 Å². The van der Waals surface area contributed by atoms with Gasteiger partial charge in [0.2, 0.25) is 5.91 Å². The summed E-state index contributed by atoms with van der Waals surface area (Å²) in [6, 6.07) is 8.75. The van der Waals surface area contributed by atoms with Crippen LogP contribution in [0.4, 0.5) is 5.69 Å². The third-order valence-corrected chi connectivity index (χ3v) is 4.42. The monoisotopic (exact) mass is 302 g/mol. The predicted molar refractivity (Wildman–Crippen MR) is 93.3 cm³/mol. The zero-order valence-corrected chi connectivity index (χ0v) is 14.2. The zero-order chi connectivity index (χ0) is 16.0. The number of hydrogen-bond donors (Lipinski definition) is 2. The molecule has 0 atom stereocenters. The summed E-state index contributed by atoms with van der Waals surface area (Å²) in [4.78, 5) is 12.0. The molecule has 0 unspecified atom stereocenters. The Hall–Kier alpha value is -1.51. The number of benzene rings is 1. The number of anilines is 1. The molecule has 0 heterocycles. The van der Waals surface area contributed by atoms with E-state index in [0.29, 0.717) is 12.6 Å². The van der Waals surface area contributed by atoms with E-state index in [1.165, 1.54) is 31.2 Å². The van der Waals surface area contributed by atoms with Crippen molar-refractivity contribution < 1.29 is 4.79 Å². The fourth-order valence-corrected chi connectivity index (χ4v) is 2.97. The minimum absolute atomic E-state index is 0.104. The fraction of sp³-hybridized carbons (Fsp3) is 0.632. The zero-order valence-electron chi connectivity index (χ0n) is 14.2. The molecule has 122 valence electrons. The standard InChI is InChI=1S/C19H30N2O/c1-19(2,3)15-10-12-16(13-11-15)20-14-18(22)21-17-8-6-4-5-7-9-17/h10-13,17,20H,4-9,14H2,1-3H3,(H,21,22). The molecule has 1 fully saturated rings. The number of carbonyl (C=O) groups is 1. The number of amides is 1. The summed E-state index contributed by atoms with van der Waals surface area (Å²) in [5.74, 6) is 0.104.